The maximum absolute atomic E-state index is 12.5. The molecule has 3 heterocycles. The SMILES string of the molecule is O=C(Nc1ccc2cnc(N(c3ccccc3)N3CCNCC3)nc2n1)N(CCO)CCO. The zero-order valence-corrected chi connectivity index (χ0v) is 18.3. The normalized spacial score (nSPS) is 14.2. The molecule has 11 heteroatoms. The topological polar surface area (TPSA) is 130 Å². The number of carbonyl (C=O) groups excluding carboxylic acids is 1. The van der Waals surface area contributed by atoms with Crippen LogP contribution in [0.15, 0.2) is 48.7 Å². The lowest BCUT2D eigenvalue weighted by molar-refractivity contribution is 0.167. The van der Waals surface area contributed by atoms with E-state index in [0.717, 1.165) is 37.3 Å². The Hall–Kier alpha value is -3.38. The van der Waals surface area contributed by atoms with Crippen LogP contribution in [0.25, 0.3) is 11.0 Å². The second-order valence-corrected chi connectivity index (χ2v) is 7.49. The van der Waals surface area contributed by atoms with Crippen molar-refractivity contribution in [2.24, 2.45) is 0 Å². The van der Waals surface area contributed by atoms with Crippen LogP contribution >= 0.6 is 0 Å². The van der Waals surface area contributed by atoms with Gasteiger partial charge in [-0.15, -0.1) is 0 Å². The number of aliphatic hydroxyl groups excluding tert-OH is 2. The van der Waals surface area contributed by atoms with E-state index < -0.39 is 6.03 Å². The number of benzene rings is 1. The lowest BCUT2D eigenvalue weighted by Gasteiger charge is -2.37. The first-order valence-corrected chi connectivity index (χ1v) is 10.9. The number of anilines is 3. The second-order valence-electron chi connectivity index (χ2n) is 7.49. The van der Waals surface area contributed by atoms with Crippen LogP contribution in [0.3, 0.4) is 0 Å². The molecule has 0 spiro atoms. The van der Waals surface area contributed by atoms with Crippen molar-refractivity contribution in [1.29, 1.82) is 0 Å². The fraction of sp³-hybridized carbons (Fsp3) is 0.364. The number of aromatic nitrogens is 3. The summed E-state index contributed by atoms with van der Waals surface area (Å²) in [6.45, 7) is 3.18. The van der Waals surface area contributed by atoms with E-state index in [-0.39, 0.29) is 26.3 Å². The summed E-state index contributed by atoms with van der Waals surface area (Å²) in [6.07, 6.45) is 1.72. The molecule has 0 unspecified atom stereocenters. The molecule has 2 amide bonds. The molecule has 174 valence electrons. The van der Waals surface area contributed by atoms with Gasteiger partial charge in [-0.05, 0) is 24.3 Å². The van der Waals surface area contributed by atoms with E-state index >= 15 is 0 Å². The van der Waals surface area contributed by atoms with E-state index in [9.17, 15) is 4.79 Å². The first-order chi connectivity index (χ1) is 16.2. The maximum Gasteiger partial charge on any atom is 0.323 e. The minimum Gasteiger partial charge on any atom is -0.395 e. The number of aliphatic hydroxyl groups is 2. The number of hydrogen-bond acceptors (Lipinski definition) is 9. The Bertz CT molecular complexity index is 1060. The summed E-state index contributed by atoms with van der Waals surface area (Å²) < 4.78 is 0. The third-order valence-corrected chi connectivity index (χ3v) is 5.26. The number of hydrogen-bond donors (Lipinski definition) is 4. The van der Waals surface area contributed by atoms with Gasteiger partial charge < -0.3 is 20.4 Å². The van der Waals surface area contributed by atoms with Gasteiger partial charge in [-0.3, -0.25) is 5.32 Å². The number of carbonyl (C=O) groups is 1. The van der Waals surface area contributed by atoms with Crippen LogP contribution in [0.4, 0.5) is 22.2 Å². The predicted molar refractivity (Wildman–Crippen MR) is 125 cm³/mol. The number of fused-ring (bicyclic) bond motifs is 1. The molecule has 1 aliphatic rings. The summed E-state index contributed by atoms with van der Waals surface area (Å²) in [6, 6.07) is 12.9. The van der Waals surface area contributed by atoms with Crippen molar-refractivity contribution in [3.05, 3.63) is 48.7 Å². The number of hydrazine groups is 1. The highest BCUT2D eigenvalue weighted by molar-refractivity contribution is 5.89. The quantitative estimate of drug-likeness (QED) is 0.392. The van der Waals surface area contributed by atoms with Gasteiger partial charge in [-0.1, -0.05) is 18.2 Å². The van der Waals surface area contributed by atoms with Crippen molar-refractivity contribution in [3.63, 3.8) is 0 Å². The average molecular weight is 453 g/mol. The van der Waals surface area contributed by atoms with Crippen LogP contribution in [-0.4, -0.2) is 93.6 Å². The summed E-state index contributed by atoms with van der Waals surface area (Å²) in [5.74, 6) is 0.820. The van der Waals surface area contributed by atoms with Crippen LogP contribution in [0.1, 0.15) is 0 Å². The Balaban J connectivity index is 1.63. The molecule has 3 aromatic rings. The fourth-order valence-electron chi connectivity index (χ4n) is 3.64. The molecular formula is C22H28N8O3. The van der Waals surface area contributed by atoms with Crippen LogP contribution in [0.5, 0.6) is 0 Å². The molecule has 1 aromatic carbocycles. The molecule has 0 atom stereocenters. The third kappa shape index (κ3) is 5.52. The molecule has 4 N–H and O–H groups in total. The zero-order chi connectivity index (χ0) is 23.0. The number of rotatable bonds is 8. The molecule has 0 radical (unpaired) electrons. The average Bonchev–Trinajstić information content (AvgIpc) is 2.85. The zero-order valence-electron chi connectivity index (χ0n) is 18.3. The second kappa shape index (κ2) is 11.0. The first-order valence-electron chi connectivity index (χ1n) is 10.9. The van der Waals surface area contributed by atoms with Gasteiger partial charge in [0.1, 0.15) is 5.82 Å². The molecule has 33 heavy (non-hydrogen) atoms. The van der Waals surface area contributed by atoms with Gasteiger partial charge >= 0.3 is 6.03 Å². The Morgan fingerprint density at radius 1 is 1.03 bits per heavy atom. The predicted octanol–water partition coefficient (Wildman–Crippen LogP) is 0.802. The van der Waals surface area contributed by atoms with E-state index in [1.54, 1.807) is 18.3 Å². The molecule has 1 fully saturated rings. The highest BCUT2D eigenvalue weighted by Gasteiger charge is 2.23. The van der Waals surface area contributed by atoms with Crippen molar-refractivity contribution in [1.82, 2.24) is 30.2 Å². The van der Waals surface area contributed by atoms with Crippen molar-refractivity contribution >= 4 is 34.5 Å². The van der Waals surface area contributed by atoms with Gasteiger partial charge in [-0.25, -0.2) is 24.8 Å². The van der Waals surface area contributed by atoms with Gasteiger partial charge in [0.2, 0.25) is 5.95 Å². The summed E-state index contributed by atoms with van der Waals surface area (Å²) in [4.78, 5) is 27.6. The number of pyridine rings is 1. The lowest BCUT2D eigenvalue weighted by atomic mass is 10.3. The molecule has 2 aromatic heterocycles. The summed E-state index contributed by atoms with van der Waals surface area (Å²) in [5, 5.41) is 29.3. The largest absolute Gasteiger partial charge is 0.395 e. The van der Waals surface area contributed by atoms with Gasteiger partial charge in [0.25, 0.3) is 0 Å². The molecule has 11 nitrogen and oxygen atoms in total. The van der Waals surface area contributed by atoms with Gasteiger partial charge in [0.15, 0.2) is 5.65 Å². The maximum atomic E-state index is 12.5. The highest BCUT2D eigenvalue weighted by Crippen LogP contribution is 2.26. The minimum atomic E-state index is -0.453. The Labute approximate surface area is 191 Å². The number of para-hydroxylation sites is 1. The van der Waals surface area contributed by atoms with Crippen LogP contribution in [0, 0.1) is 0 Å². The first kappa shape index (κ1) is 22.8. The van der Waals surface area contributed by atoms with E-state index in [1.807, 2.05) is 35.3 Å². The van der Waals surface area contributed by atoms with Crippen LogP contribution in [0.2, 0.25) is 0 Å². The molecule has 4 rings (SSSR count). The van der Waals surface area contributed by atoms with Crippen molar-refractivity contribution < 1.29 is 15.0 Å². The smallest absolute Gasteiger partial charge is 0.323 e. The van der Waals surface area contributed by atoms with Crippen molar-refractivity contribution in [3.8, 4) is 0 Å². The van der Waals surface area contributed by atoms with Crippen LogP contribution in [-0.2, 0) is 0 Å². The lowest BCUT2D eigenvalue weighted by Crippen LogP contribution is -2.51. The monoisotopic (exact) mass is 452 g/mol. The number of urea groups is 1. The minimum absolute atomic E-state index is 0.114. The van der Waals surface area contributed by atoms with Crippen molar-refractivity contribution in [2.75, 3.05) is 62.8 Å². The summed E-state index contributed by atoms with van der Waals surface area (Å²) in [5.41, 5.74) is 1.40. The third-order valence-electron chi connectivity index (χ3n) is 5.26. The Morgan fingerprint density at radius 3 is 2.45 bits per heavy atom. The highest BCUT2D eigenvalue weighted by atomic mass is 16.3. The molecule has 1 saturated heterocycles. The van der Waals surface area contributed by atoms with Gasteiger partial charge in [0.05, 0.1) is 18.9 Å². The summed E-state index contributed by atoms with van der Waals surface area (Å²) in [7, 11) is 0. The Kier molecular flexibility index (Phi) is 7.58. The van der Waals surface area contributed by atoms with E-state index in [4.69, 9.17) is 15.2 Å². The number of piperazine rings is 1. The van der Waals surface area contributed by atoms with Gasteiger partial charge in [0, 0.05) is 50.9 Å². The number of amides is 2. The van der Waals surface area contributed by atoms with E-state index in [2.05, 4.69) is 25.6 Å². The standard InChI is InChI=1S/C22H28N8O3/c31-14-12-28(13-15-32)22(33)26-19-7-6-17-16-24-21(27-20(17)25-19)30(18-4-2-1-3-5-18)29-10-8-23-9-11-29/h1-7,16,23,31-32H,8-15H2,(H,24,25,26,27,33). The van der Waals surface area contributed by atoms with E-state index in [0.29, 0.717) is 17.4 Å². The Morgan fingerprint density at radius 2 is 1.76 bits per heavy atom. The van der Waals surface area contributed by atoms with Gasteiger partial charge in [-0.2, -0.15) is 4.98 Å². The molecule has 0 saturated carbocycles. The summed E-state index contributed by atoms with van der Waals surface area (Å²) >= 11 is 0. The number of nitrogens with one attached hydrogen (secondary N) is 2. The fourth-order valence-corrected chi connectivity index (χ4v) is 3.64. The van der Waals surface area contributed by atoms with Crippen LogP contribution < -0.4 is 15.6 Å². The molecule has 0 aliphatic carbocycles. The molecular weight excluding hydrogens is 424 g/mol. The van der Waals surface area contributed by atoms with Crippen molar-refractivity contribution in [2.45, 2.75) is 0 Å². The number of nitrogens with zero attached hydrogens (tertiary/aromatic N) is 6. The van der Waals surface area contributed by atoms with E-state index in [1.165, 1.54) is 4.90 Å². The molecule has 0 bridgehead atoms. The molecule has 1 aliphatic heterocycles.